The van der Waals surface area contributed by atoms with Gasteiger partial charge >= 0.3 is 0 Å². The van der Waals surface area contributed by atoms with Crippen molar-refractivity contribution in [2.45, 2.75) is 30.2 Å². The maximum atomic E-state index is 13.0. The Bertz CT molecular complexity index is 1130. The lowest BCUT2D eigenvalue weighted by Crippen LogP contribution is -2.23. The molecule has 2 heterocycles. The molecule has 4 rings (SSSR count). The minimum Gasteiger partial charge on any atom is -0.396 e. The van der Waals surface area contributed by atoms with Crippen molar-refractivity contribution in [1.82, 2.24) is 8.96 Å². The highest BCUT2D eigenvalue weighted by Gasteiger charge is 2.29. The fourth-order valence-electron chi connectivity index (χ4n) is 3.61. The van der Waals surface area contributed by atoms with E-state index < -0.39 is 10.0 Å². The number of nitrogens with two attached hydrogens (primary N) is 1. The van der Waals surface area contributed by atoms with Gasteiger partial charge in [-0.1, -0.05) is 18.2 Å². The molecule has 0 bridgehead atoms. The molecule has 0 spiro atoms. The maximum absolute atomic E-state index is 13.0. The second-order valence-electron chi connectivity index (χ2n) is 6.67. The minimum absolute atomic E-state index is 0.00280. The first kappa shape index (κ1) is 17.4. The summed E-state index contributed by atoms with van der Waals surface area (Å²) >= 11 is 0. The quantitative estimate of drug-likeness (QED) is 0.718. The molecule has 0 radical (unpaired) electrons. The molecule has 1 saturated carbocycles. The van der Waals surface area contributed by atoms with Gasteiger partial charge in [0.1, 0.15) is 0 Å². The number of nitrogens with one attached hydrogen (secondary N) is 1. The van der Waals surface area contributed by atoms with E-state index in [1.165, 1.54) is 16.4 Å². The van der Waals surface area contributed by atoms with Crippen molar-refractivity contribution in [2.24, 2.45) is 5.92 Å². The fourth-order valence-corrected chi connectivity index (χ4v) is 4.93. The average Bonchev–Trinajstić information content (AvgIpc) is 3.31. The third-order valence-corrected chi connectivity index (χ3v) is 6.70. The van der Waals surface area contributed by atoms with Crippen LogP contribution in [0.4, 0.5) is 11.4 Å². The van der Waals surface area contributed by atoms with Gasteiger partial charge in [-0.15, -0.1) is 0 Å². The molecule has 7 nitrogen and oxygen atoms in total. The summed E-state index contributed by atoms with van der Waals surface area (Å²) in [4.78, 5) is 4.45. The largest absolute Gasteiger partial charge is 0.396 e. The fraction of sp³-hybridized carbons (Fsp3) is 0.263. The van der Waals surface area contributed by atoms with Crippen molar-refractivity contribution < 1.29 is 8.42 Å². The highest BCUT2D eigenvalue weighted by Crippen LogP contribution is 2.35. The van der Waals surface area contributed by atoms with Crippen molar-refractivity contribution >= 4 is 32.4 Å². The first-order valence-corrected chi connectivity index (χ1v) is 10.2. The summed E-state index contributed by atoms with van der Waals surface area (Å²) in [6.45, 7) is 0. The van der Waals surface area contributed by atoms with Crippen LogP contribution in [0.15, 0.2) is 53.7 Å². The standard InChI is InChI=1S/C19H19N5O2S/c20-11-13-5-4-8-17(13)23-18-15-9-10-24(19(15)22-12-16(18)21)27(25,26)14-6-2-1-3-7-14/h1-3,6-7,9-10,12-13,17H,4-5,8,21H2,(H,22,23). The van der Waals surface area contributed by atoms with Crippen LogP contribution in [0.5, 0.6) is 0 Å². The molecule has 2 unspecified atom stereocenters. The Morgan fingerprint density at radius 3 is 2.74 bits per heavy atom. The van der Waals surface area contributed by atoms with Gasteiger partial charge in [0.2, 0.25) is 0 Å². The van der Waals surface area contributed by atoms with Gasteiger partial charge in [-0.3, -0.25) is 0 Å². The number of nitriles is 1. The number of benzene rings is 1. The van der Waals surface area contributed by atoms with Gasteiger partial charge < -0.3 is 11.1 Å². The van der Waals surface area contributed by atoms with E-state index in [-0.39, 0.29) is 16.9 Å². The summed E-state index contributed by atoms with van der Waals surface area (Å²) in [6.07, 6.45) is 5.66. The summed E-state index contributed by atoms with van der Waals surface area (Å²) in [5, 5.41) is 13.3. The van der Waals surface area contributed by atoms with Crippen LogP contribution in [0.3, 0.4) is 0 Å². The SMILES string of the molecule is N#CC1CCCC1Nc1c(N)cnc2c1ccn2S(=O)(=O)c1ccccc1. The molecule has 1 fully saturated rings. The van der Waals surface area contributed by atoms with E-state index in [4.69, 9.17) is 5.73 Å². The zero-order chi connectivity index (χ0) is 19.0. The van der Waals surface area contributed by atoms with Crippen LogP contribution in [0.2, 0.25) is 0 Å². The number of hydrogen-bond donors (Lipinski definition) is 2. The molecule has 2 aromatic heterocycles. The van der Waals surface area contributed by atoms with Crippen molar-refractivity contribution in [2.75, 3.05) is 11.1 Å². The van der Waals surface area contributed by atoms with Crippen LogP contribution in [-0.4, -0.2) is 23.4 Å². The summed E-state index contributed by atoms with van der Waals surface area (Å²) in [6, 6.07) is 12.2. The van der Waals surface area contributed by atoms with E-state index in [9.17, 15) is 13.7 Å². The Morgan fingerprint density at radius 2 is 2.00 bits per heavy atom. The number of fused-ring (bicyclic) bond motifs is 1. The number of hydrogen-bond acceptors (Lipinski definition) is 6. The third-order valence-electron chi connectivity index (χ3n) is 5.02. The summed E-state index contributed by atoms with van der Waals surface area (Å²) in [7, 11) is -3.76. The van der Waals surface area contributed by atoms with Crippen molar-refractivity contribution in [3.8, 4) is 6.07 Å². The number of pyridine rings is 1. The number of aromatic nitrogens is 2. The van der Waals surface area contributed by atoms with E-state index in [2.05, 4.69) is 16.4 Å². The lowest BCUT2D eigenvalue weighted by atomic mass is 10.1. The summed E-state index contributed by atoms with van der Waals surface area (Å²) < 4.78 is 27.1. The molecule has 3 N–H and O–H groups in total. The van der Waals surface area contributed by atoms with Gasteiger partial charge in [-0.2, -0.15) is 5.26 Å². The molecule has 3 aromatic rings. The Balaban J connectivity index is 1.80. The number of nitrogen functional groups attached to an aromatic ring is 1. The molecular weight excluding hydrogens is 362 g/mol. The molecule has 1 aliphatic rings. The second kappa shape index (κ2) is 6.59. The average molecular weight is 381 g/mol. The molecule has 8 heteroatoms. The molecule has 138 valence electrons. The maximum Gasteiger partial charge on any atom is 0.269 e. The minimum atomic E-state index is -3.76. The molecule has 0 amide bonds. The molecule has 2 atom stereocenters. The number of rotatable bonds is 4. The number of anilines is 2. The van der Waals surface area contributed by atoms with Crippen LogP contribution in [0.25, 0.3) is 11.0 Å². The lowest BCUT2D eigenvalue weighted by Gasteiger charge is -2.19. The molecule has 27 heavy (non-hydrogen) atoms. The molecule has 0 aliphatic heterocycles. The highest BCUT2D eigenvalue weighted by molar-refractivity contribution is 7.90. The zero-order valence-electron chi connectivity index (χ0n) is 14.5. The van der Waals surface area contributed by atoms with E-state index in [1.807, 2.05) is 0 Å². The van der Waals surface area contributed by atoms with Gasteiger partial charge in [0.15, 0.2) is 5.65 Å². The Morgan fingerprint density at radius 1 is 1.22 bits per heavy atom. The van der Waals surface area contributed by atoms with E-state index >= 15 is 0 Å². The molecular formula is C19H19N5O2S. The van der Waals surface area contributed by atoms with Gasteiger partial charge in [0.05, 0.1) is 34.5 Å². The normalized spacial score (nSPS) is 19.8. The first-order chi connectivity index (χ1) is 13.0. The van der Waals surface area contributed by atoms with Gasteiger partial charge in [0, 0.05) is 17.6 Å². The van der Waals surface area contributed by atoms with Crippen LogP contribution >= 0.6 is 0 Å². The Hall–Kier alpha value is -3.05. The Kier molecular flexibility index (Phi) is 4.24. The van der Waals surface area contributed by atoms with Gasteiger partial charge in [0.25, 0.3) is 10.0 Å². The topological polar surface area (TPSA) is 114 Å². The van der Waals surface area contributed by atoms with Crippen LogP contribution in [0, 0.1) is 17.2 Å². The van der Waals surface area contributed by atoms with E-state index in [0.29, 0.717) is 22.4 Å². The molecule has 1 aliphatic carbocycles. The predicted molar refractivity (Wildman–Crippen MR) is 104 cm³/mol. The van der Waals surface area contributed by atoms with Gasteiger partial charge in [-0.25, -0.2) is 17.4 Å². The molecule has 0 saturated heterocycles. The summed E-state index contributed by atoms with van der Waals surface area (Å²) in [5.74, 6) is -0.0808. The monoisotopic (exact) mass is 381 g/mol. The first-order valence-electron chi connectivity index (χ1n) is 8.74. The van der Waals surface area contributed by atoms with Crippen molar-refractivity contribution in [1.29, 1.82) is 5.26 Å². The third kappa shape index (κ3) is 2.90. The predicted octanol–water partition coefficient (Wildman–Crippen LogP) is 2.96. The second-order valence-corrected chi connectivity index (χ2v) is 8.49. The van der Waals surface area contributed by atoms with Crippen molar-refractivity contribution in [3.05, 3.63) is 48.8 Å². The zero-order valence-corrected chi connectivity index (χ0v) is 15.4. The Labute approximate surface area is 157 Å². The highest BCUT2D eigenvalue weighted by atomic mass is 32.2. The van der Waals surface area contributed by atoms with E-state index in [0.717, 1.165) is 19.3 Å². The number of nitrogens with zero attached hydrogens (tertiary/aromatic N) is 3. The lowest BCUT2D eigenvalue weighted by molar-refractivity contribution is 0.589. The smallest absolute Gasteiger partial charge is 0.269 e. The van der Waals surface area contributed by atoms with Crippen LogP contribution in [0.1, 0.15) is 19.3 Å². The summed E-state index contributed by atoms with van der Waals surface area (Å²) in [5.41, 5.74) is 7.49. The van der Waals surface area contributed by atoms with Crippen molar-refractivity contribution in [3.63, 3.8) is 0 Å². The van der Waals surface area contributed by atoms with E-state index in [1.54, 1.807) is 36.4 Å². The van der Waals surface area contributed by atoms with Crippen LogP contribution < -0.4 is 11.1 Å². The van der Waals surface area contributed by atoms with Gasteiger partial charge in [-0.05, 0) is 37.5 Å². The molecule has 1 aromatic carbocycles. The van der Waals surface area contributed by atoms with Crippen LogP contribution in [-0.2, 0) is 10.0 Å².